The molecule has 1 aromatic heterocycles. The Hall–Kier alpha value is -2.34. The minimum atomic E-state index is -0.221. The van der Waals surface area contributed by atoms with Crippen LogP contribution in [-0.2, 0) is 5.75 Å². The van der Waals surface area contributed by atoms with E-state index in [0.717, 1.165) is 27.9 Å². The van der Waals surface area contributed by atoms with E-state index in [-0.39, 0.29) is 11.9 Å². The highest BCUT2D eigenvalue weighted by molar-refractivity contribution is 7.98. The lowest BCUT2D eigenvalue weighted by Gasteiger charge is -2.14. The van der Waals surface area contributed by atoms with Crippen LogP contribution < -0.4 is 4.74 Å². The predicted molar refractivity (Wildman–Crippen MR) is 98.4 cm³/mol. The molecular weight excluding hydrogens is 337 g/mol. The molecule has 0 saturated heterocycles. The average molecular weight is 357 g/mol. The normalized spacial score (nSPS) is 11.1. The number of halogens is 1. The minimum Gasteiger partial charge on any atom is -0.497 e. The van der Waals surface area contributed by atoms with Crippen LogP contribution in [0.25, 0.3) is 11.4 Å². The summed E-state index contributed by atoms with van der Waals surface area (Å²) in [5.41, 5.74) is 2.05. The SMILES string of the molecule is COc1ccc(-c2nnc(SCc3ccc(F)cc3)n2C(C)C)cc1. The third-order valence-electron chi connectivity index (χ3n) is 3.81. The van der Waals surface area contributed by atoms with Gasteiger partial charge < -0.3 is 4.74 Å². The molecule has 0 spiro atoms. The van der Waals surface area contributed by atoms with Crippen molar-refractivity contribution in [2.45, 2.75) is 30.8 Å². The van der Waals surface area contributed by atoms with Crippen LogP contribution in [0.5, 0.6) is 5.75 Å². The van der Waals surface area contributed by atoms with Crippen molar-refractivity contribution in [1.29, 1.82) is 0 Å². The van der Waals surface area contributed by atoms with Crippen LogP contribution >= 0.6 is 11.8 Å². The van der Waals surface area contributed by atoms with Crippen LogP contribution in [0.3, 0.4) is 0 Å². The van der Waals surface area contributed by atoms with Gasteiger partial charge in [-0.25, -0.2) is 4.39 Å². The summed E-state index contributed by atoms with van der Waals surface area (Å²) in [6, 6.07) is 14.6. The van der Waals surface area contributed by atoms with Crippen LogP contribution in [0.1, 0.15) is 25.5 Å². The fourth-order valence-corrected chi connectivity index (χ4v) is 3.53. The standard InChI is InChI=1S/C19H20FN3OS/c1-13(2)23-18(15-6-10-17(24-3)11-7-15)21-22-19(23)25-12-14-4-8-16(20)9-5-14/h4-11,13H,12H2,1-3H3. The van der Waals surface area contributed by atoms with Gasteiger partial charge in [0.1, 0.15) is 11.6 Å². The Kier molecular flexibility index (Phi) is 5.38. The fourth-order valence-electron chi connectivity index (χ4n) is 2.51. The van der Waals surface area contributed by atoms with Crippen molar-refractivity contribution in [2.75, 3.05) is 7.11 Å². The second-order valence-electron chi connectivity index (χ2n) is 5.91. The molecule has 0 unspecified atom stereocenters. The van der Waals surface area contributed by atoms with E-state index in [1.807, 2.05) is 24.3 Å². The van der Waals surface area contributed by atoms with Crippen molar-refractivity contribution in [3.63, 3.8) is 0 Å². The Labute approximate surface area is 151 Å². The van der Waals surface area contributed by atoms with Gasteiger partial charge in [0.2, 0.25) is 0 Å². The van der Waals surface area contributed by atoms with Crippen LogP contribution in [0.15, 0.2) is 53.7 Å². The van der Waals surface area contributed by atoms with Crippen molar-refractivity contribution in [3.8, 4) is 17.1 Å². The third-order valence-corrected chi connectivity index (χ3v) is 4.82. The highest BCUT2D eigenvalue weighted by Gasteiger charge is 2.17. The highest BCUT2D eigenvalue weighted by atomic mass is 32.2. The van der Waals surface area contributed by atoms with Crippen LogP contribution in [0.2, 0.25) is 0 Å². The van der Waals surface area contributed by atoms with E-state index in [2.05, 4.69) is 28.6 Å². The summed E-state index contributed by atoms with van der Waals surface area (Å²) in [6.45, 7) is 4.22. The Bertz CT molecular complexity index is 829. The van der Waals surface area contributed by atoms with Crippen molar-refractivity contribution >= 4 is 11.8 Å². The Morgan fingerprint density at radius 2 is 1.72 bits per heavy atom. The molecule has 1 heterocycles. The highest BCUT2D eigenvalue weighted by Crippen LogP contribution is 2.30. The van der Waals surface area contributed by atoms with E-state index in [1.165, 1.54) is 12.1 Å². The van der Waals surface area contributed by atoms with Gasteiger partial charge in [-0.3, -0.25) is 4.57 Å². The molecular formula is C19H20FN3OS. The molecule has 0 aliphatic carbocycles. The van der Waals surface area contributed by atoms with Gasteiger partial charge in [-0.1, -0.05) is 23.9 Å². The third kappa shape index (κ3) is 4.02. The van der Waals surface area contributed by atoms with Gasteiger partial charge in [0.05, 0.1) is 7.11 Å². The van der Waals surface area contributed by atoms with Gasteiger partial charge in [0.25, 0.3) is 0 Å². The van der Waals surface area contributed by atoms with E-state index in [1.54, 1.807) is 31.0 Å². The first-order chi connectivity index (χ1) is 12.1. The fraction of sp³-hybridized carbons (Fsp3) is 0.263. The van der Waals surface area contributed by atoms with Crippen molar-refractivity contribution in [2.24, 2.45) is 0 Å². The summed E-state index contributed by atoms with van der Waals surface area (Å²) < 4.78 is 20.4. The Balaban J connectivity index is 1.84. The summed E-state index contributed by atoms with van der Waals surface area (Å²) in [5, 5.41) is 9.59. The summed E-state index contributed by atoms with van der Waals surface area (Å²) >= 11 is 1.60. The first-order valence-corrected chi connectivity index (χ1v) is 9.03. The molecule has 3 rings (SSSR count). The van der Waals surface area contributed by atoms with Crippen LogP contribution in [0.4, 0.5) is 4.39 Å². The van der Waals surface area contributed by atoms with E-state index in [4.69, 9.17) is 4.74 Å². The summed E-state index contributed by atoms with van der Waals surface area (Å²) in [4.78, 5) is 0. The maximum absolute atomic E-state index is 13.0. The molecule has 130 valence electrons. The minimum absolute atomic E-state index is 0.221. The lowest BCUT2D eigenvalue weighted by molar-refractivity contribution is 0.415. The molecule has 0 aliphatic rings. The maximum atomic E-state index is 13.0. The number of methoxy groups -OCH3 is 1. The monoisotopic (exact) mass is 357 g/mol. The largest absolute Gasteiger partial charge is 0.497 e. The smallest absolute Gasteiger partial charge is 0.192 e. The van der Waals surface area contributed by atoms with Gasteiger partial charge in [0.15, 0.2) is 11.0 Å². The van der Waals surface area contributed by atoms with Crippen LogP contribution in [0, 0.1) is 5.82 Å². The zero-order chi connectivity index (χ0) is 17.8. The van der Waals surface area contributed by atoms with Crippen LogP contribution in [-0.4, -0.2) is 21.9 Å². The molecule has 3 aromatic rings. The number of rotatable bonds is 6. The van der Waals surface area contributed by atoms with Crippen molar-refractivity contribution in [1.82, 2.24) is 14.8 Å². The van der Waals surface area contributed by atoms with E-state index >= 15 is 0 Å². The number of thioether (sulfide) groups is 1. The molecule has 0 radical (unpaired) electrons. The maximum Gasteiger partial charge on any atom is 0.192 e. The molecule has 0 bridgehead atoms. The van der Waals surface area contributed by atoms with E-state index < -0.39 is 0 Å². The second-order valence-corrected chi connectivity index (χ2v) is 6.86. The first kappa shape index (κ1) is 17.5. The van der Waals surface area contributed by atoms with E-state index in [0.29, 0.717) is 5.75 Å². The molecule has 6 heteroatoms. The lowest BCUT2D eigenvalue weighted by atomic mass is 10.2. The van der Waals surface area contributed by atoms with Gasteiger partial charge in [0, 0.05) is 17.4 Å². The number of ether oxygens (including phenoxy) is 1. The first-order valence-electron chi connectivity index (χ1n) is 8.05. The lowest BCUT2D eigenvalue weighted by Crippen LogP contribution is -2.05. The molecule has 0 aliphatic heterocycles. The summed E-state index contributed by atoms with van der Waals surface area (Å²) in [5.74, 6) is 2.14. The quantitative estimate of drug-likeness (QED) is 0.584. The number of hydrogen-bond donors (Lipinski definition) is 0. The molecule has 0 N–H and O–H groups in total. The van der Waals surface area contributed by atoms with Crippen molar-refractivity contribution < 1.29 is 9.13 Å². The molecule has 0 fully saturated rings. The van der Waals surface area contributed by atoms with Gasteiger partial charge >= 0.3 is 0 Å². The van der Waals surface area contributed by atoms with Gasteiger partial charge in [-0.05, 0) is 55.8 Å². The number of nitrogens with zero attached hydrogens (tertiary/aromatic N) is 3. The predicted octanol–water partition coefficient (Wildman–Crippen LogP) is 4.97. The van der Waals surface area contributed by atoms with Gasteiger partial charge in [-0.2, -0.15) is 0 Å². The molecule has 0 atom stereocenters. The summed E-state index contributed by atoms with van der Waals surface area (Å²) in [6.07, 6.45) is 0. The van der Waals surface area contributed by atoms with Gasteiger partial charge in [-0.15, -0.1) is 10.2 Å². The average Bonchev–Trinajstić information content (AvgIpc) is 3.05. The molecule has 4 nitrogen and oxygen atoms in total. The summed E-state index contributed by atoms with van der Waals surface area (Å²) in [7, 11) is 1.65. The molecule has 25 heavy (non-hydrogen) atoms. The molecule has 0 amide bonds. The van der Waals surface area contributed by atoms with E-state index in [9.17, 15) is 4.39 Å². The van der Waals surface area contributed by atoms with Crippen molar-refractivity contribution in [3.05, 3.63) is 59.9 Å². The zero-order valence-corrected chi connectivity index (χ0v) is 15.3. The Morgan fingerprint density at radius 1 is 1.04 bits per heavy atom. The number of benzene rings is 2. The number of hydrogen-bond acceptors (Lipinski definition) is 4. The molecule has 2 aromatic carbocycles. The molecule has 0 saturated carbocycles. The Morgan fingerprint density at radius 3 is 2.32 bits per heavy atom. The topological polar surface area (TPSA) is 39.9 Å². The zero-order valence-electron chi connectivity index (χ0n) is 14.4. The number of aromatic nitrogens is 3. The second kappa shape index (κ2) is 7.70.